The molecule has 1 aliphatic rings. The van der Waals surface area contributed by atoms with Crippen LogP contribution < -0.4 is 5.32 Å². The molecule has 4 rings (SSSR count). The number of aromatic nitrogens is 3. The lowest BCUT2D eigenvalue weighted by Crippen LogP contribution is -2.25. The molecular weight excluding hydrogens is 350 g/mol. The molecule has 6 heteroatoms. The number of benzene rings is 1. The third-order valence-corrected chi connectivity index (χ3v) is 4.82. The fourth-order valence-corrected chi connectivity index (χ4v) is 3.39. The van der Waals surface area contributed by atoms with Crippen LogP contribution in [0.4, 0.5) is 5.82 Å². The number of carbonyl (C=O) groups excluding carboxylic acids is 1. The summed E-state index contributed by atoms with van der Waals surface area (Å²) in [7, 11) is 0. The lowest BCUT2D eigenvalue weighted by Gasteiger charge is -2.15. The van der Waals surface area contributed by atoms with E-state index in [4.69, 9.17) is 0 Å². The molecule has 142 valence electrons. The van der Waals surface area contributed by atoms with Crippen LogP contribution in [-0.2, 0) is 17.9 Å². The molecule has 1 N–H and O–H groups in total. The average Bonchev–Trinajstić information content (AvgIpc) is 3.16. The Balaban J connectivity index is 1.29. The van der Waals surface area contributed by atoms with Crippen LogP contribution in [0.25, 0.3) is 11.5 Å². The first-order valence-electron chi connectivity index (χ1n) is 9.54. The zero-order valence-electron chi connectivity index (χ0n) is 15.9. The fourth-order valence-electron chi connectivity index (χ4n) is 3.39. The number of hydrogen-bond donors (Lipinski definition) is 1. The predicted molar refractivity (Wildman–Crippen MR) is 108 cm³/mol. The summed E-state index contributed by atoms with van der Waals surface area (Å²) < 4.78 is 0. The smallest absolute Gasteiger partial charge is 0.223 e. The van der Waals surface area contributed by atoms with Gasteiger partial charge in [-0.25, -0.2) is 9.97 Å². The Labute approximate surface area is 164 Å². The zero-order valence-corrected chi connectivity index (χ0v) is 15.9. The van der Waals surface area contributed by atoms with Crippen molar-refractivity contribution in [2.75, 3.05) is 11.9 Å². The minimum Gasteiger partial charge on any atom is -0.370 e. The first kappa shape index (κ1) is 18.1. The van der Waals surface area contributed by atoms with Crippen molar-refractivity contribution in [3.63, 3.8) is 0 Å². The Morgan fingerprint density at radius 3 is 2.54 bits per heavy atom. The van der Waals surface area contributed by atoms with E-state index >= 15 is 0 Å². The normalized spacial score (nSPS) is 12.7. The molecule has 28 heavy (non-hydrogen) atoms. The fraction of sp³-hybridized carbons (Fsp3) is 0.273. The number of amides is 1. The largest absolute Gasteiger partial charge is 0.370 e. The van der Waals surface area contributed by atoms with Gasteiger partial charge >= 0.3 is 0 Å². The van der Waals surface area contributed by atoms with Crippen LogP contribution in [0.5, 0.6) is 0 Å². The highest BCUT2D eigenvalue weighted by Crippen LogP contribution is 2.23. The highest BCUT2D eigenvalue weighted by Gasteiger charge is 2.22. The monoisotopic (exact) mass is 373 g/mol. The van der Waals surface area contributed by atoms with Crippen molar-refractivity contribution in [3.05, 3.63) is 71.5 Å². The van der Waals surface area contributed by atoms with Crippen LogP contribution >= 0.6 is 0 Å². The van der Waals surface area contributed by atoms with Crippen molar-refractivity contribution in [1.29, 1.82) is 0 Å². The van der Waals surface area contributed by atoms with Gasteiger partial charge in [-0.05, 0) is 36.6 Å². The SMILES string of the molecule is Cc1cc(NCCCC(=O)N2Cc3ccccc3C2)nc(-c2ccccn2)n1. The van der Waals surface area contributed by atoms with Gasteiger partial charge in [-0.3, -0.25) is 9.78 Å². The van der Waals surface area contributed by atoms with E-state index < -0.39 is 0 Å². The van der Waals surface area contributed by atoms with Gasteiger partial charge in [0.05, 0.1) is 0 Å². The molecule has 3 heterocycles. The quantitative estimate of drug-likeness (QED) is 0.669. The Morgan fingerprint density at radius 1 is 1.07 bits per heavy atom. The van der Waals surface area contributed by atoms with Gasteiger partial charge in [0.15, 0.2) is 5.82 Å². The summed E-state index contributed by atoms with van der Waals surface area (Å²) in [6, 6.07) is 15.8. The van der Waals surface area contributed by atoms with Crippen LogP contribution in [-0.4, -0.2) is 32.3 Å². The molecule has 6 nitrogen and oxygen atoms in total. The first-order chi connectivity index (χ1) is 13.7. The van der Waals surface area contributed by atoms with Crippen LogP contribution in [0.15, 0.2) is 54.7 Å². The van der Waals surface area contributed by atoms with Crippen LogP contribution in [0, 0.1) is 6.92 Å². The van der Waals surface area contributed by atoms with Gasteiger partial charge in [0, 0.05) is 44.0 Å². The Morgan fingerprint density at radius 2 is 1.82 bits per heavy atom. The third-order valence-electron chi connectivity index (χ3n) is 4.82. The van der Waals surface area contributed by atoms with E-state index in [0.717, 1.165) is 36.7 Å². The topological polar surface area (TPSA) is 71.0 Å². The molecule has 0 bridgehead atoms. The van der Waals surface area contributed by atoms with Crippen molar-refractivity contribution in [2.45, 2.75) is 32.9 Å². The molecule has 1 aliphatic heterocycles. The van der Waals surface area contributed by atoms with E-state index in [-0.39, 0.29) is 5.91 Å². The highest BCUT2D eigenvalue weighted by molar-refractivity contribution is 5.77. The van der Waals surface area contributed by atoms with E-state index in [0.29, 0.717) is 18.8 Å². The minimum absolute atomic E-state index is 0.200. The second kappa shape index (κ2) is 8.17. The molecule has 0 spiro atoms. The number of pyridine rings is 1. The summed E-state index contributed by atoms with van der Waals surface area (Å²) >= 11 is 0. The molecule has 0 unspecified atom stereocenters. The van der Waals surface area contributed by atoms with Gasteiger partial charge in [-0.2, -0.15) is 0 Å². The molecule has 3 aromatic rings. The van der Waals surface area contributed by atoms with Crippen molar-refractivity contribution in [1.82, 2.24) is 19.9 Å². The number of carbonyl (C=O) groups is 1. The number of nitrogens with one attached hydrogen (secondary N) is 1. The number of hydrogen-bond acceptors (Lipinski definition) is 5. The lowest BCUT2D eigenvalue weighted by molar-refractivity contribution is -0.131. The standard InChI is InChI=1S/C22H23N5O/c1-16-13-20(26-22(25-16)19-9-4-5-11-23-19)24-12-6-10-21(28)27-14-17-7-2-3-8-18(17)15-27/h2-5,7-9,11,13H,6,10,12,14-15H2,1H3,(H,24,25,26). The predicted octanol–water partition coefficient (Wildman–Crippen LogP) is 3.58. The second-order valence-corrected chi connectivity index (χ2v) is 6.98. The average molecular weight is 373 g/mol. The molecular formula is C22H23N5O. The summed E-state index contributed by atoms with van der Waals surface area (Å²) in [5.74, 6) is 1.56. The van der Waals surface area contributed by atoms with Crippen molar-refractivity contribution >= 4 is 11.7 Å². The number of anilines is 1. The van der Waals surface area contributed by atoms with E-state index in [1.54, 1.807) is 6.20 Å². The summed E-state index contributed by atoms with van der Waals surface area (Å²) in [4.78, 5) is 27.7. The van der Waals surface area contributed by atoms with Gasteiger partial charge in [0.25, 0.3) is 0 Å². The summed E-state index contributed by atoms with van der Waals surface area (Å²) in [5, 5.41) is 3.31. The van der Waals surface area contributed by atoms with Gasteiger partial charge in [0.2, 0.25) is 5.91 Å². The number of aryl methyl sites for hydroxylation is 1. The van der Waals surface area contributed by atoms with E-state index in [1.165, 1.54) is 11.1 Å². The van der Waals surface area contributed by atoms with Gasteiger partial charge < -0.3 is 10.2 Å². The van der Waals surface area contributed by atoms with Crippen molar-refractivity contribution < 1.29 is 4.79 Å². The maximum atomic E-state index is 12.5. The molecule has 0 saturated carbocycles. The Bertz CT molecular complexity index is 949. The molecule has 0 atom stereocenters. The highest BCUT2D eigenvalue weighted by atomic mass is 16.2. The Kier molecular flexibility index (Phi) is 5.28. The number of rotatable bonds is 6. The Hall–Kier alpha value is -3.28. The number of fused-ring (bicyclic) bond motifs is 1. The molecule has 0 fully saturated rings. The summed E-state index contributed by atoms with van der Waals surface area (Å²) in [6.07, 6.45) is 3.02. The van der Waals surface area contributed by atoms with Crippen LogP contribution in [0.1, 0.15) is 29.7 Å². The van der Waals surface area contributed by atoms with Gasteiger partial charge in [-0.1, -0.05) is 30.3 Å². The minimum atomic E-state index is 0.200. The molecule has 1 amide bonds. The van der Waals surface area contributed by atoms with Crippen LogP contribution in [0.2, 0.25) is 0 Å². The molecule has 0 saturated heterocycles. The third kappa shape index (κ3) is 4.17. The zero-order chi connectivity index (χ0) is 19.3. The maximum Gasteiger partial charge on any atom is 0.223 e. The van der Waals surface area contributed by atoms with E-state index in [2.05, 4.69) is 32.4 Å². The molecule has 1 aromatic carbocycles. The molecule has 0 aliphatic carbocycles. The van der Waals surface area contributed by atoms with Gasteiger partial charge in [-0.15, -0.1) is 0 Å². The van der Waals surface area contributed by atoms with E-state index in [9.17, 15) is 4.79 Å². The summed E-state index contributed by atoms with van der Waals surface area (Å²) in [5.41, 5.74) is 4.14. The van der Waals surface area contributed by atoms with E-state index in [1.807, 2.05) is 48.2 Å². The number of nitrogens with zero attached hydrogens (tertiary/aromatic N) is 4. The maximum absolute atomic E-state index is 12.5. The van der Waals surface area contributed by atoms with Crippen molar-refractivity contribution in [2.24, 2.45) is 0 Å². The van der Waals surface area contributed by atoms with Gasteiger partial charge in [0.1, 0.15) is 11.5 Å². The van der Waals surface area contributed by atoms with Crippen molar-refractivity contribution in [3.8, 4) is 11.5 Å². The summed E-state index contributed by atoms with van der Waals surface area (Å²) in [6.45, 7) is 4.07. The van der Waals surface area contributed by atoms with Crippen LogP contribution in [0.3, 0.4) is 0 Å². The lowest BCUT2D eigenvalue weighted by atomic mass is 10.1. The first-order valence-corrected chi connectivity index (χ1v) is 9.54. The molecule has 0 radical (unpaired) electrons. The second-order valence-electron chi connectivity index (χ2n) is 6.98. The molecule has 2 aromatic heterocycles.